The molecule has 1 aromatic rings. The van der Waals surface area contributed by atoms with Crippen molar-refractivity contribution in [1.82, 2.24) is 0 Å². The summed E-state index contributed by atoms with van der Waals surface area (Å²) < 4.78 is 35.1. The molecule has 118 valence electrons. The van der Waals surface area contributed by atoms with Gasteiger partial charge >= 0.3 is 0 Å². The summed E-state index contributed by atoms with van der Waals surface area (Å²) in [6, 6.07) is 4.87. The van der Waals surface area contributed by atoms with E-state index in [-0.39, 0.29) is 11.5 Å². The summed E-state index contributed by atoms with van der Waals surface area (Å²) in [4.78, 5) is 0. The van der Waals surface area contributed by atoms with Gasteiger partial charge in [0.1, 0.15) is 0 Å². The second-order valence-electron chi connectivity index (χ2n) is 5.33. The van der Waals surface area contributed by atoms with Gasteiger partial charge in [-0.05, 0) is 24.1 Å². The van der Waals surface area contributed by atoms with Crippen LogP contribution in [0, 0.1) is 0 Å². The molecule has 2 N–H and O–H groups in total. The Morgan fingerprint density at radius 2 is 1.95 bits per heavy atom. The number of benzene rings is 1. The van der Waals surface area contributed by atoms with Gasteiger partial charge in [-0.3, -0.25) is 0 Å². The standard InChI is InChI=1S/C15H23NO4S/c1-2-3-9-21(17,18)11-13(16)12-5-6-14-15(10-12)20-8-4-7-19-14/h5-6,10,13H,2-4,7-9,11,16H2,1H3. The predicted octanol–water partition coefficient (Wildman–Crippen LogP) is 2.06. The van der Waals surface area contributed by atoms with Crippen LogP contribution in [0.3, 0.4) is 0 Å². The molecule has 21 heavy (non-hydrogen) atoms. The van der Waals surface area contributed by atoms with Crippen molar-refractivity contribution < 1.29 is 17.9 Å². The van der Waals surface area contributed by atoms with E-state index < -0.39 is 15.9 Å². The Hall–Kier alpha value is -1.27. The van der Waals surface area contributed by atoms with Crippen LogP contribution in [-0.4, -0.2) is 33.1 Å². The number of sulfone groups is 1. The molecular formula is C15H23NO4S. The maximum absolute atomic E-state index is 12.0. The van der Waals surface area contributed by atoms with Gasteiger partial charge in [0, 0.05) is 12.5 Å². The van der Waals surface area contributed by atoms with Crippen molar-refractivity contribution in [1.29, 1.82) is 0 Å². The lowest BCUT2D eigenvalue weighted by atomic mass is 10.1. The van der Waals surface area contributed by atoms with Crippen molar-refractivity contribution in [2.24, 2.45) is 5.73 Å². The fourth-order valence-electron chi connectivity index (χ4n) is 2.23. The molecule has 0 saturated heterocycles. The Balaban J connectivity index is 2.09. The van der Waals surface area contributed by atoms with E-state index in [4.69, 9.17) is 15.2 Å². The molecule has 0 aliphatic carbocycles. The highest BCUT2D eigenvalue weighted by Gasteiger charge is 2.19. The van der Waals surface area contributed by atoms with Crippen LogP contribution < -0.4 is 15.2 Å². The molecule has 0 spiro atoms. The van der Waals surface area contributed by atoms with Gasteiger partial charge in [-0.15, -0.1) is 0 Å². The minimum absolute atomic E-state index is 0.0351. The number of rotatable bonds is 6. The molecule has 1 aliphatic heterocycles. The first-order chi connectivity index (χ1) is 10.0. The number of nitrogens with two attached hydrogens (primary N) is 1. The van der Waals surface area contributed by atoms with Crippen LogP contribution in [0.5, 0.6) is 11.5 Å². The van der Waals surface area contributed by atoms with Gasteiger partial charge in [-0.1, -0.05) is 19.4 Å². The van der Waals surface area contributed by atoms with E-state index in [2.05, 4.69) is 0 Å². The average molecular weight is 313 g/mol. The van der Waals surface area contributed by atoms with Gasteiger partial charge in [0.25, 0.3) is 0 Å². The molecule has 0 radical (unpaired) electrons. The summed E-state index contributed by atoms with van der Waals surface area (Å²) >= 11 is 0. The van der Waals surface area contributed by atoms with Crippen LogP contribution in [-0.2, 0) is 9.84 Å². The first-order valence-electron chi connectivity index (χ1n) is 7.37. The van der Waals surface area contributed by atoms with E-state index in [1.807, 2.05) is 13.0 Å². The molecule has 1 unspecified atom stereocenters. The topological polar surface area (TPSA) is 78.6 Å². The number of hydrogen-bond acceptors (Lipinski definition) is 5. The first kappa shape index (κ1) is 16.1. The number of hydrogen-bond donors (Lipinski definition) is 1. The molecule has 0 aromatic heterocycles. The van der Waals surface area contributed by atoms with Crippen LogP contribution in [0.25, 0.3) is 0 Å². The van der Waals surface area contributed by atoms with E-state index in [1.165, 1.54) is 0 Å². The second kappa shape index (κ2) is 7.13. The predicted molar refractivity (Wildman–Crippen MR) is 82.5 cm³/mol. The number of ether oxygens (including phenoxy) is 2. The lowest BCUT2D eigenvalue weighted by Gasteiger charge is -2.15. The zero-order valence-corrected chi connectivity index (χ0v) is 13.2. The average Bonchev–Trinajstić information content (AvgIpc) is 2.69. The molecule has 1 heterocycles. The van der Waals surface area contributed by atoms with Gasteiger partial charge in [-0.25, -0.2) is 8.42 Å². The molecular weight excluding hydrogens is 290 g/mol. The fraction of sp³-hybridized carbons (Fsp3) is 0.600. The lowest BCUT2D eigenvalue weighted by Crippen LogP contribution is -2.23. The fourth-order valence-corrected chi connectivity index (χ4v) is 3.86. The third-order valence-electron chi connectivity index (χ3n) is 3.44. The van der Waals surface area contributed by atoms with Crippen molar-refractivity contribution >= 4 is 9.84 Å². The molecule has 0 saturated carbocycles. The first-order valence-corrected chi connectivity index (χ1v) is 9.19. The zero-order valence-electron chi connectivity index (χ0n) is 12.4. The maximum atomic E-state index is 12.0. The normalized spacial score (nSPS) is 16.3. The molecule has 5 nitrogen and oxygen atoms in total. The highest BCUT2D eigenvalue weighted by molar-refractivity contribution is 7.91. The van der Waals surface area contributed by atoms with Crippen LogP contribution >= 0.6 is 0 Å². The van der Waals surface area contributed by atoms with E-state index >= 15 is 0 Å². The number of unbranched alkanes of at least 4 members (excludes halogenated alkanes) is 1. The SMILES string of the molecule is CCCCS(=O)(=O)CC(N)c1ccc2c(c1)OCCCO2. The maximum Gasteiger partial charge on any atom is 0.161 e. The van der Waals surface area contributed by atoms with Crippen molar-refractivity contribution in [3.63, 3.8) is 0 Å². The Kier molecular flexibility index (Phi) is 5.47. The lowest BCUT2D eigenvalue weighted by molar-refractivity contribution is 0.297. The Labute approximate surface area is 126 Å². The smallest absolute Gasteiger partial charge is 0.161 e. The molecule has 6 heteroatoms. The minimum atomic E-state index is -3.12. The molecule has 0 bridgehead atoms. The van der Waals surface area contributed by atoms with Gasteiger partial charge in [0.05, 0.1) is 24.7 Å². The molecule has 1 aromatic carbocycles. The van der Waals surface area contributed by atoms with Crippen molar-refractivity contribution in [3.8, 4) is 11.5 Å². The molecule has 0 amide bonds. The monoisotopic (exact) mass is 313 g/mol. The summed E-state index contributed by atoms with van der Waals surface area (Å²) in [5, 5.41) is 0. The van der Waals surface area contributed by atoms with Crippen LogP contribution in [0.2, 0.25) is 0 Å². The Morgan fingerprint density at radius 1 is 1.24 bits per heavy atom. The Morgan fingerprint density at radius 3 is 2.67 bits per heavy atom. The van der Waals surface area contributed by atoms with E-state index in [0.717, 1.165) is 18.4 Å². The summed E-state index contributed by atoms with van der Waals surface area (Å²) in [7, 11) is -3.12. The quantitative estimate of drug-likeness (QED) is 0.869. The van der Waals surface area contributed by atoms with Crippen molar-refractivity contribution in [2.75, 3.05) is 24.7 Å². The van der Waals surface area contributed by atoms with Crippen LogP contribution in [0.1, 0.15) is 37.8 Å². The summed E-state index contributed by atoms with van der Waals surface area (Å²) in [6.07, 6.45) is 2.37. The largest absolute Gasteiger partial charge is 0.490 e. The minimum Gasteiger partial charge on any atom is -0.490 e. The highest BCUT2D eigenvalue weighted by Crippen LogP contribution is 2.32. The van der Waals surface area contributed by atoms with Crippen molar-refractivity contribution in [2.45, 2.75) is 32.2 Å². The third kappa shape index (κ3) is 4.61. The van der Waals surface area contributed by atoms with Gasteiger partial charge in [-0.2, -0.15) is 0 Å². The molecule has 2 rings (SSSR count). The number of fused-ring (bicyclic) bond motifs is 1. The molecule has 0 fully saturated rings. The van der Waals surface area contributed by atoms with Gasteiger partial charge < -0.3 is 15.2 Å². The van der Waals surface area contributed by atoms with Gasteiger partial charge in [0.2, 0.25) is 0 Å². The summed E-state index contributed by atoms with van der Waals surface area (Å²) in [6.45, 7) is 3.20. The summed E-state index contributed by atoms with van der Waals surface area (Å²) in [5.74, 6) is 1.50. The van der Waals surface area contributed by atoms with Crippen LogP contribution in [0.15, 0.2) is 18.2 Å². The van der Waals surface area contributed by atoms with Crippen LogP contribution in [0.4, 0.5) is 0 Å². The Bertz CT molecular complexity index is 571. The highest BCUT2D eigenvalue weighted by atomic mass is 32.2. The molecule has 1 atom stereocenters. The van der Waals surface area contributed by atoms with Crippen molar-refractivity contribution in [3.05, 3.63) is 23.8 Å². The van der Waals surface area contributed by atoms with E-state index in [0.29, 0.717) is 31.1 Å². The third-order valence-corrected chi connectivity index (χ3v) is 5.22. The van der Waals surface area contributed by atoms with E-state index in [9.17, 15) is 8.42 Å². The second-order valence-corrected chi connectivity index (χ2v) is 7.56. The van der Waals surface area contributed by atoms with E-state index in [1.54, 1.807) is 12.1 Å². The zero-order chi connectivity index (χ0) is 15.3. The van der Waals surface area contributed by atoms with Gasteiger partial charge in [0.15, 0.2) is 21.3 Å². The molecule has 1 aliphatic rings. The summed E-state index contributed by atoms with van der Waals surface area (Å²) in [5.41, 5.74) is 6.81.